The summed E-state index contributed by atoms with van der Waals surface area (Å²) in [7, 11) is 2.06. The van der Waals surface area contributed by atoms with Gasteiger partial charge in [0, 0.05) is 13.3 Å². The highest BCUT2D eigenvalue weighted by molar-refractivity contribution is 5.89. The van der Waals surface area contributed by atoms with Crippen LogP contribution >= 0.6 is 0 Å². The third-order valence-corrected chi connectivity index (χ3v) is 2.00. The summed E-state index contributed by atoms with van der Waals surface area (Å²) in [6, 6.07) is 2.26. The Morgan fingerprint density at radius 3 is 2.53 bits per heavy atom. The molecular weight excluding hydrogens is 239 g/mol. The fourth-order valence-corrected chi connectivity index (χ4v) is 1.26. The van der Waals surface area contributed by atoms with E-state index in [1.165, 1.54) is 6.07 Å². The van der Waals surface area contributed by atoms with Crippen LogP contribution in [0.1, 0.15) is 22.2 Å². The predicted molar refractivity (Wildman–Crippen MR) is 51.4 cm³/mol. The first-order chi connectivity index (χ1) is 7.90. The van der Waals surface area contributed by atoms with Crippen LogP contribution in [-0.2, 0) is 9.47 Å². The Morgan fingerprint density at radius 1 is 1.41 bits per heavy atom. The Kier molecular flexibility index (Phi) is 4.06. The van der Waals surface area contributed by atoms with Gasteiger partial charge in [-0.1, -0.05) is 0 Å². The van der Waals surface area contributed by atoms with Crippen molar-refractivity contribution in [3.8, 4) is 0 Å². The van der Waals surface area contributed by atoms with E-state index in [-0.39, 0.29) is 11.3 Å². The summed E-state index contributed by atoms with van der Waals surface area (Å²) in [6.45, 7) is 0. The summed E-state index contributed by atoms with van der Waals surface area (Å²) in [6.07, 6.45) is -5.65. The van der Waals surface area contributed by atoms with E-state index >= 15 is 0 Å². The third-order valence-electron chi connectivity index (χ3n) is 2.00. The molecule has 1 aromatic rings. The highest BCUT2D eigenvalue weighted by atomic mass is 19.4. The Balaban J connectivity index is 3.10. The van der Waals surface area contributed by atoms with E-state index in [9.17, 15) is 18.0 Å². The molecule has 0 bridgehead atoms. The molecule has 1 aromatic heterocycles. The molecule has 17 heavy (non-hydrogen) atoms. The second-order valence-corrected chi connectivity index (χ2v) is 3.12. The summed E-state index contributed by atoms with van der Waals surface area (Å²) in [5, 5.41) is 0. The first-order valence-corrected chi connectivity index (χ1v) is 4.54. The van der Waals surface area contributed by atoms with Crippen LogP contribution in [-0.4, -0.2) is 31.3 Å². The summed E-state index contributed by atoms with van der Waals surface area (Å²) in [5.41, 5.74) is -0.397. The summed E-state index contributed by atoms with van der Waals surface area (Å²) >= 11 is 0. The molecule has 7 heteroatoms. The largest absolute Gasteiger partial charge is 0.465 e. The van der Waals surface area contributed by atoms with Gasteiger partial charge in [-0.25, -0.2) is 4.79 Å². The zero-order chi connectivity index (χ0) is 13.1. The number of ether oxygens (including phenoxy) is 2. The number of rotatable bonds is 3. The van der Waals surface area contributed by atoms with Crippen molar-refractivity contribution in [3.05, 3.63) is 29.6 Å². The highest BCUT2D eigenvalue weighted by Crippen LogP contribution is 2.34. The SMILES string of the molecule is COC(=O)c1ccnc(C(OC)C(F)(F)F)c1. The number of esters is 1. The van der Waals surface area contributed by atoms with Crippen molar-refractivity contribution in [2.75, 3.05) is 14.2 Å². The molecule has 0 N–H and O–H groups in total. The number of methoxy groups -OCH3 is 2. The lowest BCUT2D eigenvalue weighted by molar-refractivity contribution is -0.217. The number of hydrogen-bond acceptors (Lipinski definition) is 4. The van der Waals surface area contributed by atoms with Crippen molar-refractivity contribution in [2.24, 2.45) is 0 Å². The molecule has 0 aliphatic rings. The van der Waals surface area contributed by atoms with Crippen LogP contribution in [0.4, 0.5) is 13.2 Å². The molecule has 4 nitrogen and oxygen atoms in total. The number of carbonyl (C=O) groups excluding carboxylic acids is 1. The summed E-state index contributed by atoms with van der Waals surface area (Å²) in [5.74, 6) is -0.731. The zero-order valence-electron chi connectivity index (χ0n) is 9.12. The fourth-order valence-electron chi connectivity index (χ4n) is 1.26. The molecule has 1 atom stereocenters. The predicted octanol–water partition coefficient (Wildman–Crippen LogP) is 2.12. The monoisotopic (exact) mass is 249 g/mol. The average molecular weight is 249 g/mol. The van der Waals surface area contributed by atoms with Crippen molar-refractivity contribution in [1.29, 1.82) is 0 Å². The van der Waals surface area contributed by atoms with Crippen molar-refractivity contribution < 1.29 is 27.4 Å². The normalized spacial score (nSPS) is 13.2. The molecular formula is C10H10F3NO3. The van der Waals surface area contributed by atoms with Crippen LogP contribution < -0.4 is 0 Å². The topological polar surface area (TPSA) is 48.4 Å². The van der Waals surface area contributed by atoms with Gasteiger partial charge in [0.05, 0.1) is 18.4 Å². The maximum atomic E-state index is 12.5. The molecule has 0 radical (unpaired) electrons. The van der Waals surface area contributed by atoms with E-state index in [2.05, 4.69) is 14.5 Å². The van der Waals surface area contributed by atoms with Gasteiger partial charge < -0.3 is 9.47 Å². The molecule has 0 saturated carbocycles. The van der Waals surface area contributed by atoms with E-state index in [0.29, 0.717) is 0 Å². The molecule has 1 unspecified atom stereocenters. The van der Waals surface area contributed by atoms with E-state index < -0.39 is 18.2 Å². The van der Waals surface area contributed by atoms with Gasteiger partial charge in [0.2, 0.25) is 0 Å². The molecule has 0 aliphatic heterocycles. The second kappa shape index (κ2) is 5.13. The molecule has 0 aromatic carbocycles. The number of nitrogens with zero attached hydrogens (tertiary/aromatic N) is 1. The highest BCUT2D eigenvalue weighted by Gasteiger charge is 2.42. The Hall–Kier alpha value is -1.63. The second-order valence-electron chi connectivity index (χ2n) is 3.12. The lowest BCUT2D eigenvalue weighted by atomic mass is 10.1. The van der Waals surface area contributed by atoms with E-state index in [0.717, 1.165) is 26.5 Å². The van der Waals surface area contributed by atoms with Gasteiger partial charge in [-0.2, -0.15) is 13.2 Å². The van der Waals surface area contributed by atoms with E-state index in [4.69, 9.17) is 0 Å². The minimum absolute atomic E-state index is 0.0104. The molecule has 0 aliphatic carbocycles. The van der Waals surface area contributed by atoms with Gasteiger partial charge in [0.1, 0.15) is 0 Å². The van der Waals surface area contributed by atoms with Crippen LogP contribution in [0.15, 0.2) is 18.3 Å². The van der Waals surface area contributed by atoms with Gasteiger partial charge in [0.15, 0.2) is 6.10 Å². The first-order valence-electron chi connectivity index (χ1n) is 4.54. The van der Waals surface area contributed by atoms with E-state index in [1.54, 1.807) is 0 Å². The van der Waals surface area contributed by atoms with Gasteiger partial charge in [-0.15, -0.1) is 0 Å². The van der Waals surface area contributed by atoms with Crippen LogP contribution in [0.25, 0.3) is 0 Å². The van der Waals surface area contributed by atoms with Gasteiger partial charge >= 0.3 is 12.1 Å². The molecule has 0 spiro atoms. The first kappa shape index (κ1) is 13.4. The zero-order valence-corrected chi connectivity index (χ0v) is 9.12. The molecule has 1 heterocycles. The van der Waals surface area contributed by atoms with Crippen LogP contribution in [0.5, 0.6) is 0 Å². The van der Waals surface area contributed by atoms with Crippen molar-refractivity contribution in [1.82, 2.24) is 4.98 Å². The van der Waals surface area contributed by atoms with Gasteiger partial charge in [-0.3, -0.25) is 4.98 Å². The van der Waals surface area contributed by atoms with Gasteiger partial charge in [-0.05, 0) is 12.1 Å². The van der Waals surface area contributed by atoms with Crippen LogP contribution in [0, 0.1) is 0 Å². The standard InChI is InChI=1S/C10H10F3NO3/c1-16-8(10(11,12)13)7-5-6(3-4-14-7)9(15)17-2/h3-5,8H,1-2H3. The number of pyridine rings is 1. The molecule has 94 valence electrons. The fraction of sp³-hybridized carbons (Fsp3) is 0.400. The molecule has 0 saturated heterocycles. The third kappa shape index (κ3) is 3.16. The summed E-state index contributed by atoms with van der Waals surface area (Å²) < 4.78 is 46.3. The van der Waals surface area contributed by atoms with Crippen molar-refractivity contribution in [2.45, 2.75) is 12.3 Å². The number of hydrogen-bond donors (Lipinski definition) is 0. The van der Waals surface area contributed by atoms with Crippen molar-refractivity contribution in [3.63, 3.8) is 0 Å². The van der Waals surface area contributed by atoms with Crippen LogP contribution in [0.2, 0.25) is 0 Å². The Bertz CT molecular complexity index is 406. The summed E-state index contributed by atoms with van der Waals surface area (Å²) in [4.78, 5) is 14.7. The quantitative estimate of drug-likeness (QED) is 0.770. The maximum Gasteiger partial charge on any atom is 0.420 e. The molecule has 0 amide bonds. The molecule has 0 fully saturated rings. The Labute approximate surface area is 95.4 Å². The number of alkyl halides is 3. The minimum atomic E-state index is -4.59. The Morgan fingerprint density at radius 2 is 2.06 bits per heavy atom. The van der Waals surface area contributed by atoms with Crippen LogP contribution in [0.3, 0.4) is 0 Å². The van der Waals surface area contributed by atoms with E-state index in [1.807, 2.05) is 0 Å². The number of carbonyl (C=O) groups is 1. The molecule has 1 rings (SSSR count). The van der Waals surface area contributed by atoms with Crippen molar-refractivity contribution >= 4 is 5.97 Å². The average Bonchev–Trinajstić information content (AvgIpc) is 2.27. The van der Waals surface area contributed by atoms with Gasteiger partial charge in [0.25, 0.3) is 0 Å². The lowest BCUT2D eigenvalue weighted by Crippen LogP contribution is -2.23. The smallest absolute Gasteiger partial charge is 0.420 e. The lowest BCUT2D eigenvalue weighted by Gasteiger charge is -2.18. The number of halogens is 3. The minimum Gasteiger partial charge on any atom is -0.465 e. The maximum absolute atomic E-state index is 12.5. The number of aromatic nitrogens is 1.